The molecule has 1 N–H and O–H groups in total. The summed E-state index contributed by atoms with van der Waals surface area (Å²) < 4.78 is 41.5. The number of aryl methyl sites for hydroxylation is 2. The topological polar surface area (TPSA) is 46.2 Å². The molecule has 0 aliphatic carbocycles. The van der Waals surface area contributed by atoms with E-state index in [4.69, 9.17) is 0 Å². The predicted molar refractivity (Wildman–Crippen MR) is 86.8 cm³/mol. The van der Waals surface area contributed by atoms with Crippen molar-refractivity contribution in [2.75, 3.05) is 6.54 Å². The minimum absolute atomic E-state index is 0.163. The molecule has 21 heavy (non-hydrogen) atoms. The molecule has 2 aromatic rings. The summed E-state index contributed by atoms with van der Waals surface area (Å²) in [5.74, 6) is -0.424. The Morgan fingerprint density at radius 2 is 1.86 bits per heavy atom. The SMILES string of the molecule is Cc1cc(F)cc(C)c1S(=O)(=O)NCCc1ccc(Br)s1. The molecule has 0 aliphatic rings. The third-order valence-electron chi connectivity index (χ3n) is 2.99. The van der Waals surface area contributed by atoms with E-state index in [9.17, 15) is 12.8 Å². The van der Waals surface area contributed by atoms with Crippen molar-refractivity contribution in [2.24, 2.45) is 0 Å². The van der Waals surface area contributed by atoms with Crippen LogP contribution in [0.5, 0.6) is 0 Å². The molecule has 2 rings (SSSR count). The molecule has 0 saturated carbocycles. The summed E-state index contributed by atoms with van der Waals surface area (Å²) in [4.78, 5) is 1.26. The van der Waals surface area contributed by atoms with E-state index < -0.39 is 15.8 Å². The maximum absolute atomic E-state index is 13.3. The average molecular weight is 392 g/mol. The molecular formula is C14H15BrFNO2S2. The minimum atomic E-state index is -3.63. The molecule has 0 fully saturated rings. The first-order chi connectivity index (χ1) is 9.79. The summed E-state index contributed by atoms with van der Waals surface area (Å²) in [6.07, 6.45) is 0.620. The fourth-order valence-corrected chi connectivity index (χ4v) is 5.15. The smallest absolute Gasteiger partial charge is 0.211 e. The zero-order chi connectivity index (χ0) is 15.6. The number of hydrogen-bond donors (Lipinski definition) is 1. The number of rotatable bonds is 5. The van der Waals surface area contributed by atoms with Crippen molar-refractivity contribution in [1.29, 1.82) is 0 Å². The molecule has 114 valence electrons. The Hall–Kier alpha value is -0.760. The summed E-state index contributed by atoms with van der Waals surface area (Å²) in [5, 5.41) is 0. The van der Waals surface area contributed by atoms with Gasteiger partial charge in [-0.25, -0.2) is 17.5 Å². The molecule has 0 radical (unpaired) electrons. The van der Waals surface area contributed by atoms with E-state index >= 15 is 0 Å². The number of hydrogen-bond acceptors (Lipinski definition) is 3. The lowest BCUT2D eigenvalue weighted by Gasteiger charge is -2.12. The summed E-state index contributed by atoms with van der Waals surface area (Å²) in [5.41, 5.74) is 0.831. The van der Waals surface area contributed by atoms with Crippen LogP contribution in [0.1, 0.15) is 16.0 Å². The zero-order valence-electron chi connectivity index (χ0n) is 11.6. The minimum Gasteiger partial charge on any atom is -0.211 e. The molecule has 1 heterocycles. The Bertz CT molecular complexity index is 733. The Kier molecular flexibility index (Phi) is 5.19. The lowest BCUT2D eigenvalue weighted by Crippen LogP contribution is -2.27. The standard InChI is InChI=1S/C14H15BrFNO2S2/c1-9-7-11(16)8-10(2)14(9)21(18,19)17-6-5-12-3-4-13(15)20-12/h3-4,7-8,17H,5-6H2,1-2H3. The van der Waals surface area contributed by atoms with Crippen LogP contribution in [0, 0.1) is 19.7 Å². The third-order valence-corrected chi connectivity index (χ3v) is 6.44. The van der Waals surface area contributed by atoms with E-state index in [1.807, 2.05) is 12.1 Å². The maximum atomic E-state index is 13.3. The average Bonchev–Trinajstić information content (AvgIpc) is 2.72. The van der Waals surface area contributed by atoms with E-state index in [0.717, 1.165) is 8.66 Å². The van der Waals surface area contributed by atoms with Crippen molar-refractivity contribution in [3.63, 3.8) is 0 Å². The Morgan fingerprint density at radius 3 is 2.38 bits per heavy atom. The van der Waals surface area contributed by atoms with Crippen molar-refractivity contribution in [3.05, 3.63) is 49.9 Å². The molecule has 3 nitrogen and oxygen atoms in total. The van der Waals surface area contributed by atoms with Crippen molar-refractivity contribution in [3.8, 4) is 0 Å². The van der Waals surface area contributed by atoms with E-state index in [1.54, 1.807) is 25.2 Å². The van der Waals surface area contributed by atoms with Crippen LogP contribution in [0.3, 0.4) is 0 Å². The number of sulfonamides is 1. The summed E-state index contributed by atoms with van der Waals surface area (Å²) in [7, 11) is -3.63. The molecule has 7 heteroatoms. The quantitative estimate of drug-likeness (QED) is 0.842. The van der Waals surface area contributed by atoms with E-state index in [2.05, 4.69) is 20.7 Å². The highest BCUT2D eigenvalue weighted by molar-refractivity contribution is 9.11. The van der Waals surface area contributed by atoms with Gasteiger partial charge in [-0.15, -0.1) is 11.3 Å². The van der Waals surface area contributed by atoms with Crippen molar-refractivity contribution < 1.29 is 12.8 Å². The zero-order valence-corrected chi connectivity index (χ0v) is 14.8. The number of benzene rings is 1. The molecule has 1 aromatic carbocycles. The monoisotopic (exact) mass is 391 g/mol. The first kappa shape index (κ1) is 16.6. The van der Waals surface area contributed by atoms with Crippen LogP contribution in [-0.4, -0.2) is 15.0 Å². The van der Waals surface area contributed by atoms with Gasteiger partial charge in [0.15, 0.2) is 0 Å². The van der Waals surface area contributed by atoms with Gasteiger partial charge in [-0.05, 0) is 71.6 Å². The Morgan fingerprint density at radius 1 is 1.24 bits per heavy atom. The largest absolute Gasteiger partial charge is 0.241 e. The molecular weight excluding hydrogens is 377 g/mol. The highest BCUT2D eigenvalue weighted by Crippen LogP contribution is 2.23. The second-order valence-electron chi connectivity index (χ2n) is 4.72. The van der Waals surface area contributed by atoms with Gasteiger partial charge in [0.05, 0.1) is 8.68 Å². The lowest BCUT2D eigenvalue weighted by molar-refractivity contribution is 0.579. The highest BCUT2D eigenvalue weighted by atomic mass is 79.9. The van der Waals surface area contributed by atoms with Crippen LogP contribution in [-0.2, 0) is 16.4 Å². The third kappa shape index (κ3) is 4.12. The van der Waals surface area contributed by atoms with Crippen LogP contribution in [0.2, 0.25) is 0 Å². The van der Waals surface area contributed by atoms with Crippen LogP contribution >= 0.6 is 27.3 Å². The van der Waals surface area contributed by atoms with Crippen molar-refractivity contribution >= 4 is 37.3 Å². The number of halogens is 2. The van der Waals surface area contributed by atoms with Crippen LogP contribution in [0.25, 0.3) is 0 Å². The van der Waals surface area contributed by atoms with Crippen LogP contribution in [0.15, 0.2) is 32.9 Å². The van der Waals surface area contributed by atoms with Gasteiger partial charge in [-0.2, -0.15) is 0 Å². The molecule has 0 amide bonds. The first-order valence-electron chi connectivity index (χ1n) is 6.30. The van der Waals surface area contributed by atoms with Gasteiger partial charge in [-0.1, -0.05) is 0 Å². The summed E-state index contributed by atoms with van der Waals surface area (Å²) >= 11 is 4.95. The van der Waals surface area contributed by atoms with E-state index in [1.165, 1.54) is 12.1 Å². The van der Waals surface area contributed by atoms with Gasteiger partial charge < -0.3 is 0 Å². The molecule has 0 unspecified atom stereocenters. The summed E-state index contributed by atoms with van der Waals surface area (Å²) in [6, 6.07) is 6.36. The van der Waals surface area contributed by atoms with Crippen LogP contribution in [0.4, 0.5) is 4.39 Å². The van der Waals surface area contributed by atoms with Gasteiger partial charge in [0.1, 0.15) is 5.82 Å². The Labute approximate surface area is 136 Å². The van der Waals surface area contributed by atoms with Gasteiger partial charge in [-0.3, -0.25) is 0 Å². The van der Waals surface area contributed by atoms with E-state index in [0.29, 0.717) is 24.1 Å². The number of thiophene rings is 1. The fraction of sp³-hybridized carbons (Fsp3) is 0.286. The summed E-state index contributed by atoms with van der Waals surface area (Å²) in [6.45, 7) is 3.51. The molecule has 0 aliphatic heterocycles. The molecule has 1 aromatic heterocycles. The van der Waals surface area contributed by atoms with Gasteiger partial charge in [0.2, 0.25) is 10.0 Å². The molecule has 0 atom stereocenters. The normalized spacial score (nSPS) is 11.8. The maximum Gasteiger partial charge on any atom is 0.241 e. The second-order valence-corrected chi connectivity index (χ2v) is 8.97. The lowest BCUT2D eigenvalue weighted by atomic mass is 10.1. The van der Waals surface area contributed by atoms with Gasteiger partial charge in [0.25, 0.3) is 0 Å². The van der Waals surface area contributed by atoms with Gasteiger partial charge in [0, 0.05) is 11.4 Å². The van der Waals surface area contributed by atoms with Crippen molar-refractivity contribution in [2.45, 2.75) is 25.2 Å². The second kappa shape index (κ2) is 6.56. The number of nitrogens with one attached hydrogen (secondary N) is 1. The van der Waals surface area contributed by atoms with Crippen molar-refractivity contribution in [1.82, 2.24) is 4.72 Å². The van der Waals surface area contributed by atoms with Gasteiger partial charge >= 0.3 is 0 Å². The predicted octanol–water partition coefficient (Wildman–Crippen LogP) is 3.79. The molecule has 0 bridgehead atoms. The highest BCUT2D eigenvalue weighted by Gasteiger charge is 2.19. The first-order valence-corrected chi connectivity index (χ1v) is 9.39. The van der Waals surface area contributed by atoms with Crippen LogP contribution < -0.4 is 4.72 Å². The Balaban J connectivity index is 2.12. The molecule has 0 saturated heterocycles. The fourth-order valence-electron chi connectivity index (χ4n) is 2.19. The van der Waals surface area contributed by atoms with E-state index in [-0.39, 0.29) is 4.90 Å². The molecule has 0 spiro atoms.